The first kappa shape index (κ1) is 8.27. The first-order valence-corrected chi connectivity index (χ1v) is 5.32. The molecule has 0 radical (unpaired) electrons. The van der Waals surface area contributed by atoms with Crippen LogP contribution < -0.4 is 0 Å². The summed E-state index contributed by atoms with van der Waals surface area (Å²) in [5.41, 5.74) is 0. The van der Waals surface area contributed by atoms with Crippen LogP contribution in [0.1, 0.15) is 19.8 Å². The predicted molar refractivity (Wildman–Crippen MR) is 52.2 cm³/mol. The van der Waals surface area contributed by atoms with Gasteiger partial charge in [-0.1, -0.05) is 12.2 Å². The summed E-state index contributed by atoms with van der Waals surface area (Å²) in [5.74, 6) is 3.38. The number of carbonyl (C=O) groups excluding carboxylic acids is 1. The molecule has 0 amide bonds. The van der Waals surface area contributed by atoms with Crippen molar-refractivity contribution in [1.29, 1.82) is 0 Å². The van der Waals surface area contributed by atoms with Gasteiger partial charge in [0.2, 0.25) is 0 Å². The van der Waals surface area contributed by atoms with E-state index in [2.05, 4.69) is 18.2 Å². The van der Waals surface area contributed by atoms with E-state index in [-0.39, 0.29) is 5.97 Å². The summed E-state index contributed by atoms with van der Waals surface area (Å²) in [6.45, 7) is 1.48. The minimum atomic E-state index is -0.177. The highest BCUT2D eigenvalue weighted by Gasteiger charge is 2.49. The summed E-state index contributed by atoms with van der Waals surface area (Å²) in [6.07, 6.45) is 9.13. The molecule has 3 aliphatic rings. The number of fused-ring (bicyclic) bond motifs is 5. The van der Waals surface area contributed by atoms with Crippen molar-refractivity contribution in [2.24, 2.45) is 23.7 Å². The van der Waals surface area contributed by atoms with Crippen molar-refractivity contribution in [2.45, 2.75) is 19.8 Å². The maximum Gasteiger partial charge on any atom is 0.307 e. The Kier molecular flexibility index (Phi) is 1.61. The molecule has 0 spiro atoms. The fraction of sp³-hybridized carbons (Fsp3) is 0.583. The lowest BCUT2D eigenvalue weighted by molar-refractivity contribution is -0.137. The van der Waals surface area contributed by atoms with Gasteiger partial charge in [-0.15, -0.1) is 0 Å². The van der Waals surface area contributed by atoms with Gasteiger partial charge in [0, 0.05) is 12.8 Å². The molecule has 0 aromatic rings. The van der Waals surface area contributed by atoms with Gasteiger partial charge in [0.05, 0.1) is 0 Å². The summed E-state index contributed by atoms with van der Waals surface area (Å²) in [6, 6.07) is 0. The number of esters is 1. The highest BCUT2D eigenvalue weighted by Crippen LogP contribution is 2.55. The van der Waals surface area contributed by atoms with E-state index in [9.17, 15) is 4.79 Å². The Morgan fingerprint density at radius 2 is 2.21 bits per heavy atom. The third-order valence-electron chi connectivity index (χ3n) is 3.80. The lowest BCUT2D eigenvalue weighted by Gasteiger charge is -2.22. The zero-order chi connectivity index (χ0) is 9.71. The quantitative estimate of drug-likeness (QED) is 0.468. The van der Waals surface area contributed by atoms with Crippen molar-refractivity contribution in [3.63, 3.8) is 0 Å². The molecular weight excluding hydrogens is 176 g/mol. The molecule has 0 aromatic carbocycles. The Labute approximate surface area is 83.6 Å². The van der Waals surface area contributed by atoms with E-state index in [1.807, 2.05) is 0 Å². The highest BCUT2D eigenvalue weighted by atomic mass is 16.5. The molecule has 1 fully saturated rings. The normalized spacial score (nSPS) is 42.5. The maximum atomic E-state index is 10.9. The lowest BCUT2D eigenvalue weighted by Crippen LogP contribution is -2.18. The molecule has 0 aliphatic heterocycles. The molecule has 0 heterocycles. The van der Waals surface area contributed by atoms with E-state index in [1.54, 1.807) is 0 Å². The molecule has 3 aliphatic carbocycles. The molecule has 2 bridgehead atoms. The number of hydrogen-bond donors (Lipinski definition) is 0. The summed E-state index contributed by atoms with van der Waals surface area (Å²) >= 11 is 0. The molecule has 74 valence electrons. The molecule has 1 saturated carbocycles. The van der Waals surface area contributed by atoms with Gasteiger partial charge in [-0.25, -0.2) is 0 Å². The van der Waals surface area contributed by atoms with Crippen LogP contribution in [0.4, 0.5) is 0 Å². The minimum absolute atomic E-state index is 0.177. The number of rotatable bonds is 1. The molecule has 2 heteroatoms. The summed E-state index contributed by atoms with van der Waals surface area (Å²) < 4.78 is 5.27. The largest absolute Gasteiger partial charge is 0.431 e. The third kappa shape index (κ3) is 0.999. The smallest absolute Gasteiger partial charge is 0.307 e. The fourth-order valence-electron chi connectivity index (χ4n) is 3.33. The van der Waals surface area contributed by atoms with E-state index < -0.39 is 0 Å². The van der Waals surface area contributed by atoms with Gasteiger partial charge in [0.1, 0.15) is 5.76 Å². The average Bonchev–Trinajstić information content (AvgIpc) is 2.74. The Morgan fingerprint density at radius 1 is 1.43 bits per heavy atom. The second kappa shape index (κ2) is 2.72. The van der Waals surface area contributed by atoms with Gasteiger partial charge in [-0.05, 0) is 36.7 Å². The lowest BCUT2D eigenvalue weighted by atomic mass is 9.85. The van der Waals surface area contributed by atoms with Crippen LogP contribution in [0.15, 0.2) is 24.0 Å². The van der Waals surface area contributed by atoms with Crippen LogP contribution >= 0.6 is 0 Å². The van der Waals surface area contributed by atoms with Crippen molar-refractivity contribution in [3.05, 3.63) is 24.0 Å². The van der Waals surface area contributed by atoms with Crippen molar-refractivity contribution in [2.75, 3.05) is 0 Å². The summed E-state index contributed by atoms with van der Waals surface area (Å²) in [7, 11) is 0. The van der Waals surface area contributed by atoms with Crippen LogP contribution in [-0.4, -0.2) is 5.97 Å². The minimum Gasteiger partial charge on any atom is -0.431 e. The topological polar surface area (TPSA) is 26.3 Å². The Hall–Kier alpha value is -1.05. The summed E-state index contributed by atoms with van der Waals surface area (Å²) in [5, 5.41) is 0. The van der Waals surface area contributed by atoms with Crippen LogP contribution in [0.5, 0.6) is 0 Å². The Bertz CT molecular complexity index is 340. The van der Waals surface area contributed by atoms with Crippen LogP contribution in [0, 0.1) is 23.7 Å². The monoisotopic (exact) mass is 190 g/mol. The van der Waals surface area contributed by atoms with Crippen molar-refractivity contribution < 1.29 is 9.53 Å². The molecule has 0 unspecified atom stereocenters. The second-order valence-corrected chi connectivity index (χ2v) is 4.57. The van der Waals surface area contributed by atoms with Crippen LogP contribution in [-0.2, 0) is 9.53 Å². The first-order chi connectivity index (χ1) is 6.75. The highest BCUT2D eigenvalue weighted by molar-refractivity contribution is 5.67. The van der Waals surface area contributed by atoms with Gasteiger partial charge in [-0.3, -0.25) is 4.79 Å². The van der Waals surface area contributed by atoms with E-state index in [0.717, 1.165) is 24.0 Å². The van der Waals surface area contributed by atoms with Crippen molar-refractivity contribution in [3.8, 4) is 0 Å². The number of hydrogen-bond acceptors (Lipinski definition) is 2. The molecule has 0 saturated heterocycles. The zero-order valence-electron chi connectivity index (χ0n) is 8.27. The van der Waals surface area contributed by atoms with E-state index >= 15 is 0 Å². The van der Waals surface area contributed by atoms with Crippen LogP contribution in [0.2, 0.25) is 0 Å². The molecule has 14 heavy (non-hydrogen) atoms. The zero-order valence-corrected chi connectivity index (χ0v) is 8.27. The van der Waals surface area contributed by atoms with Crippen molar-refractivity contribution >= 4 is 5.97 Å². The van der Waals surface area contributed by atoms with Gasteiger partial charge >= 0.3 is 5.97 Å². The molecule has 3 rings (SSSR count). The molecule has 2 nitrogen and oxygen atoms in total. The van der Waals surface area contributed by atoms with Crippen LogP contribution in [0.3, 0.4) is 0 Å². The van der Waals surface area contributed by atoms with Crippen molar-refractivity contribution in [1.82, 2.24) is 0 Å². The number of ether oxygens (including phenoxy) is 1. The molecule has 0 aromatic heterocycles. The Morgan fingerprint density at radius 3 is 3.00 bits per heavy atom. The van der Waals surface area contributed by atoms with Gasteiger partial charge in [0.25, 0.3) is 0 Å². The van der Waals surface area contributed by atoms with Gasteiger partial charge in [-0.2, -0.15) is 0 Å². The maximum absolute atomic E-state index is 10.9. The van der Waals surface area contributed by atoms with Crippen LogP contribution in [0.25, 0.3) is 0 Å². The third-order valence-corrected chi connectivity index (χ3v) is 3.80. The van der Waals surface area contributed by atoms with E-state index in [1.165, 1.54) is 13.3 Å². The second-order valence-electron chi connectivity index (χ2n) is 4.57. The number of carbonyl (C=O) groups is 1. The SMILES string of the molecule is CC(=O)OC1=CC[C@@H]2[C@@H]1[C@H]1C=C[C@H]2C1. The molecule has 4 atom stereocenters. The molecule has 0 N–H and O–H groups in total. The summed E-state index contributed by atoms with van der Waals surface area (Å²) in [4.78, 5) is 10.9. The first-order valence-electron chi connectivity index (χ1n) is 5.32. The van der Waals surface area contributed by atoms with E-state index in [4.69, 9.17) is 4.74 Å². The van der Waals surface area contributed by atoms with Gasteiger partial charge < -0.3 is 4.74 Å². The van der Waals surface area contributed by atoms with E-state index in [0.29, 0.717) is 11.8 Å². The standard InChI is InChI=1S/C12H14O2/c1-7(13)14-11-5-4-10-8-2-3-9(6-8)12(10)11/h2-3,5,8-10,12H,4,6H2,1H3/t8-,9-,10-,12-/m0/s1. The van der Waals surface area contributed by atoms with Gasteiger partial charge in [0.15, 0.2) is 0 Å². The predicted octanol–water partition coefficient (Wildman–Crippen LogP) is 2.28. The number of allylic oxidation sites excluding steroid dienone is 4. The molecular formula is C12H14O2. The fourth-order valence-corrected chi connectivity index (χ4v) is 3.33. The average molecular weight is 190 g/mol. The Balaban J connectivity index is 1.84.